The van der Waals surface area contributed by atoms with Gasteiger partial charge in [-0.3, -0.25) is 0 Å². The first-order valence-electron chi connectivity index (χ1n) is 10.8. The van der Waals surface area contributed by atoms with Gasteiger partial charge in [-0.15, -0.1) is 0 Å². The second kappa shape index (κ2) is 8.56. The van der Waals surface area contributed by atoms with Crippen molar-refractivity contribution in [2.24, 2.45) is 0 Å². The number of rotatable bonds is 3. The molecule has 0 spiro atoms. The summed E-state index contributed by atoms with van der Waals surface area (Å²) >= 11 is 6.67. The van der Waals surface area contributed by atoms with Gasteiger partial charge in [-0.2, -0.15) is 0 Å². The molecule has 1 aliphatic rings. The summed E-state index contributed by atoms with van der Waals surface area (Å²) in [6, 6.07) is 27.5. The molecule has 0 saturated heterocycles. The quantitative estimate of drug-likeness (QED) is 0.371. The minimum atomic E-state index is -0.333. The van der Waals surface area contributed by atoms with E-state index < -0.39 is 0 Å². The summed E-state index contributed by atoms with van der Waals surface area (Å²) in [6.45, 7) is 2.56. The highest BCUT2D eigenvalue weighted by Crippen LogP contribution is 2.39. The molecule has 160 valence electrons. The normalized spacial score (nSPS) is 14.9. The van der Waals surface area contributed by atoms with Crippen LogP contribution in [-0.4, -0.2) is 15.5 Å². The van der Waals surface area contributed by atoms with Gasteiger partial charge in [0.2, 0.25) is 0 Å². The maximum absolute atomic E-state index is 13.8. The summed E-state index contributed by atoms with van der Waals surface area (Å²) < 4.78 is 2.16. The highest BCUT2D eigenvalue weighted by Gasteiger charge is 2.34. The zero-order chi connectivity index (χ0) is 22.1. The van der Waals surface area contributed by atoms with Crippen LogP contribution < -0.4 is 5.32 Å². The van der Waals surface area contributed by atoms with Crippen LogP contribution in [0.1, 0.15) is 35.3 Å². The molecule has 4 aromatic rings. The third kappa shape index (κ3) is 3.57. The lowest BCUT2D eigenvalue weighted by Gasteiger charge is -2.31. The van der Waals surface area contributed by atoms with Gasteiger partial charge in [0.05, 0.1) is 17.9 Å². The average Bonchev–Trinajstić information content (AvgIpc) is 3.24. The molecule has 1 aliphatic heterocycles. The monoisotopic (exact) mass is 441 g/mol. The molecule has 2 heterocycles. The maximum atomic E-state index is 13.8. The number of nitrogens with zero attached hydrogens (tertiary/aromatic N) is 2. The van der Waals surface area contributed by atoms with Crippen molar-refractivity contribution in [2.45, 2.75) is 25.9 Å². The highest BCUT2D eigenvalue weighted by atomic mass is 35.5. The molecular weight excluding hydrogens is 418 g/mol. The van der Waals surface area contributed by atoms with Crippen LogP contribution in [0, 0.1) is 0 Å². The largest absolute Gasteiger partial charge is 0.322 e. The van der Waals surface area contributed by atoms with Crippen molar-refractivity contribution in [3.8, 4) is 5.69 Å². The average molecular weight is 442 g/mol. The first-order valence-corrected chi connectivity index (χ1v) is 11.2. The third-order valence-electron chi connectivity index (χ3n) is 6.06. The number of fused-ring (bicyclic) bond motifs is 3. The molecule has 0 aliphatic carbocycles. The number of hydrogen-bond donors (Lipinski definition) is 1. The summed E-state index contributed by atoms with van der Waals surface area (Å²) in [6.07, 6.45) is 2.89. The number of carbonyl (C=O) groups is 1. The maximum Gasteiger partial charge on any atom is 0.322 e. The van der Waals surface area contributed by atoms with E-state index in [1.54, 1.807) is 0 Å². The third-order valence-corrected chi connectivity index (χ3v) is 6.41. The van der Waals surface area contributed by atoms with Crippen LogP contribution in [0.4, 0.5) is 10.5 Å². The lowest BCUT2D eigenvalue weighted by atomic mass is 10.0. The van der Waals surface area contributed by atoms with Crippen LogP contribution in [0.15, 0.2) is 91.1 Å². The number of para-hydroxylation sites is 2. The van der Waals surface area contributed by atoms with E-state index in [4.69, 9.17) is 11.6 Å². The number of urea groups is 1. The molecule has 1 unspecified atom stereocenters. The molecule has 4 nitrogen and oxygen atoms in total. The molecule has 3 aromatic carbocycles. The van der Waals surface area contributed by atoms with Crippen molar-refractivity contribution in [1.82, 2.24) is 9.47 Å². The smallest absolute Gasteiger partial charge is 0.318 e. The molecule has 1 atom stereocenters. The van der Waals surface area contributed by atoms with Gasteiger partial charge in [-0.05, 0) is 53.4 Å². The first-order chi connectivity index (χ1) is 15.7. The highest BCUT2D eigenvalue weighted by molar-refractivity contribution is 6.31. The van der Waals surface area contributed by atoms with Crippen LogP contribution in [0.3, 0.4) is 0 Å². The Labute approximate surface area is 193 Å². The molecule has 2 amide bonds. The Hall–Kier alpha value is -3.50. The standard InChI is InChI=1S/C27H24ClN3O/c1-2-19-10-3-7-14-23(19)29-27(32)31-18-20-11-4-8-15-24(20)30-17-9-16-25(30)26(31)21-12-5-6-13-22(21)28/h3-17,26H,2,18H2,1H3,(H,29,32). The summed E-state index contributed by atoms with van der Waals surface area (Å²) in [5.74, 6) is 0. The van der Waals surface area contributed by atoms with Crippen LogP contribution in [-0.2, 0) is 13.0 Å². The molecular formula is C27H24ClN3O. The minimum Gasteiger partial charge on any atom is -0.318 e. The number of aryl methyl sites for hydroxylation is 1. The molecule has 1 N–H and O–H groups in total. The van der Waals surface area contributed by atoms with Gasteiger partial charge >= 0.3 is 6.03 Å². The Kier molecular flexibility index (Phi) is 5.46. The number of aromatic nitrogens is 1. The van der Waals surface area contributed by atoms with Crippen molar-refractivity contribution in [3.63, 3.8) is 0 Å². The van der Waals surface area contributed by atoms with E-state index in [-0.39, 0.29) is 12.1 Å². The molecule has 5 heteroatoms. The topological polar surface area (TPSA) is 37.3 Å². The van der Waals surface area contributed by atoms with Gasteiger partial charge in [0, 0.05) is 16.9 Å². The van der Waals surface area contributed by atoms with Crippen LogP contribution in [0.2, 0.25) is 5.02 Å². The summed E-state index contributed by atoms with van der Waals surface area (Å²) in [7, 11) is 0. The number of hydrogen-bond acceptors (Lipinski definition) is 1. The van der Waals surface area contributed by atoms with Crippen molar-refractivity contribution in [2.75, 3.05) is 5.32 Å². The van der Waals surface area contributed by atoms with E-state index >= 15 is 0 Å². The predicted octanol–water partition coefficient (Wildman–Crippen LogP) is 6.83. The van der Waals surface area contributed by atoms with Crippen LogP contribution in [0.25, 0.3) is 5.69 Å². The van der Waals surface area contributed by atoms with Crippen molar-refractivity contribution in [1.29, 1.82) is 0 Å². The van der Waals surface area contributed by atoms with Gasteiger partial charge in [-0.1, -0.05) is 73.1 Å². The van der Waals surface area contributed by atoms with Gasteiger partial charge in [-0.25, -0.2) is 4.79 Å². The van der Waals surface area contributed by atoms with Crippen molar-refractivity contribution < 1.29 is 4.79 Å². The Morgan fingerprint density at radius 2 is 1.72 bits per heavy atom. The molecule has 0 bridgehead atoms. The van der Waals surface area contributed by atoms with Crippen molar-refractivity contribution in [3.05, 3.63) is 119 Å². The lowest BCUT2D eigenvalue weighted by Crippen LogP contribution is -2.38. The summed E-state index contributed by atoms with van der Waals surface area (Å²) in [5, 5.41) is 3.81. The molecule has 1 aromatic heterocycles. The molecule has 5 rings (SSSR count). The van der Waals surface area contributed by atoms with Gasteiger partial charge in [0.25, 0.3) is 0 Å². The Balaban J connectivity index is 1.65. The molecule has 0 fully saturated rings. The summed E-state index contributed by atoms with van der Waals surface area (Å²) in [5.41, 5.74) is 6.01. The second-order valence-corrected chi connectivity index (χ2v) is 8.33. The molecule has 0 radical (unpaired) electrons. The SMILES string of the molecule is CCc1ccccc1NC(=O)N1Cc2ccccc2-n2cccc2C1c1ccccc1Cl. The van der Waals surface area contributed by atoms with Gasteiger partial charge in [0.1, 0.15) is 6.04 Å². The number of anilines is 1. The number of amides is 2. The number of halogens is 1. The van der Waals surface area contributed by atoms with Crippen LogP contribution in [0.5, 0.6) is 0 Å². The fraction of sp³-hybridized carbons (Fsp3) is 0.148. The van der Waals surface area contributed by atoms with E-state index in [2.05, 4.69) is 35.0 Å². The fourth-order valence-corrected chi connectivity index (χ4v) is 4.74. The zero-order valence-electron chi connectivity index (χ0n) is 17.8. The Bertz CT molecular complexity index is 1280. The number of nitrogens with one attached hydrogen (secondary N) is 1. The van der Waals surface area contributed by atoms with Gasteiger partial charge < -0.3 is 14.8 Å². The van der Waals surface area contributed by atoms with Crippen LogP contribution >= 0.6 is 11.6 Å². The number of benzene rings is 3. The predicted molar refractivity (Wildman–Crippen MR) is 129 cm³/mol. The van der Waals surface area contributed by atoms with Crippen molar-refractivity contribution >= 4 is 23.3 Å². The summed E-state index contributed by atoms with van der Waals surface area (Å²) in [4.78, 5) is 15.7. The Morgan fingerprint density at radius 1 is 0.969 bits per heavy atom. The van der Waals surface area contributed by atoms with E-state index in [1.165, 1.54) is 0 Å². The lowest BCUT2D eigenvalue weighted by molar-refractivity contribution is 0.194. The second-order valence-electron chi connectivity index (χ2n) is 7.92. The number of carbonyl (C=O) groups excluding carboxylic acids is 1. The van der Waals surface area contributed by atoms with E-state index in [0.29, 0.717) is 11.6 Å². The van der Waals surface area contributed by atoms with Gasteiger partial charge in [0.15, 0.2) is 0 Å². The molecule has 0 saturated carbocycles. The van der Waals surface area contributed by atoms with E-state index in [9.17, 15) is 4.79 Å². The van der Waals surface area contributed by atoms with E-state index in [1.807, 2.05) is 77.8 Å². The fourth-order valence-electron chi connectivity index (χ4n) is 4.50. The molecule has 32 heavy (non-hydrogen) atoms. The zero-order valence-corrected chi connectivity index (χ0v) is 18.6. The minimum absolute atomic E-state index is 0.153. The first kappa shape index (κ1) is 20.4. The Morgan fingerprint density at radius 3 is 2.56 bits per heavy atom. The van der Waals surface area contributed by atoms with E-state index in [0.717, 1.165) is 40.2 Å².